The first-order valence-electron chi connectivity index (χ1n) is 28.1. The number of carboxylic acid groups (broad SMARTS) is 2. The summed E-state index contributed by atoms with van der Waals surface area (Å²) in [5.74, 6) is -11.8. The van der Waals surface area contributed by atoms with E-state index >= 15 is 0 Å². The molecule has 7 aliphatic heterocycles. The van der Waals surface area contributed by atoms with Gasteiger partial charge in [0.15, 0.2) is 52.6 Å². The van der Waals surface area contributed by atoms with Gasteiger partial charge in [-0.3, -0.25) is 28.9 Å². The molecule has 94 heavy (non-hydrogen) atoms. The predicted octanol–water partition coefficient (Wildman–Crippen LogP) is -1.25. The van der Waals surface area contributed by atoms with Crippen LogP contribution in [0.3, 0.4) is 0 Å². The topological polar surface area (TPSA) is 526 Å². The van der Waals surface area contributed by atoms with Crippen LogP contribution < -0.4 is 39.1 Å². The molecule has 0 unspecified atom stereocenters. The second-order valence-electron chi connectivity index (χ2n) is 21.4. The Hall–Kier alpha value is -10.4. The van der Waals surface area contributed by atoms with Crippen LogP contribution in [0.5, 0.6) is 0 Å². The number of aromatic nitrogens is 4. The summed E-state index contributed by atoms with van der Waals surface area (Å²) in [6.45, 7) is 3.38. The second kappa shape index (κ2) is 27.1. The average molecular weight is 1380 g/mol. The number of nitrogen functional groups attached to an aromatic ring is 2. The lowest BCUT2D eigenvalue weighted by Gasteiger charge is -2.49. The van der Waals surface area contributed by atoms with Gasteiger partial charge < -0.3 is 94.4 Å². The van der Waals surface area contributed by atoms with Gasteiger partial charge in [0.25, 0.3) is 17.7 Å². The van der Waals surface area contributed by atoms with Gasteiger partial charge in [-0.2, -0.15) is 18.7 Å². The number of hydrogen-bond acceptors (Lipinski definition) is 33. The van der Waals surface area contributed by atoms with Crippen LogP contribution in [0.4, 0.5) is 19.9 Å². The molecule has 0 aromatic carbocycles. The van der Waals surface area contributed by atoms with E-state index in [-0.39, 0.29) is 132 Å². The minimum atomic E-state index is -2.02. The monoisotopic (exact) mass is 1380 g/mol. The number of anilines is 2. The number of β-lactam (4-membered cyclic amide) rings is 1. The van der Waals surface area contributed by atoms with Crippen molar-refractivity contribution in [2.75, 3.05) is 62.2 Å². The van der Waals surface area contributed by atoms with Crippen LogP contribution in [0.1, 0.15) is 60.4 Å². The number of oxime groups is 2. The molecule has 5 saturated heterocycles. The molecule has 0 saturated carbocycles. The summed E-state index contributed by atoms with van der Waals surface area (Å²) < 4.78 is 37.8. The van der Waals surface area contributed by atoms with Crippen LogP contribution in [0.15, 0.2) is 83.4 Å². The van der Waals surface area contributed by atoms with Crippen LogP contribution in [0, 0.1) is 13.8 Å². The molecule has 7 aliphatic rings. The van der Waals surface area contributed by atoms with E-state index in [1.807, 2.05) is 0 Å². The van der Waals surface area contributed by atoms with Gasteiger partial charge in [-0.15, -0.1) is 23.5 Å². The standard InChI is InChI=1S/C52H52N16O22S4/c1-19-27(88-51(81)86-19)15-84-49(79)64-7-5-25(13-64)66-9-3-21(40(66)71)11-23-17-91-39(57-29(23)44(74)75)32(55-37(69)30(60-83)35-58-47(53)93-62-35)46(78)90-61-31(36-59-48(54)94-63-36)38(70)56-33-42(73)68-34(45(76)77)24(18-92-43(33)68)12-22-4-10-67(41(22)72)26-6-8-65(14-26)50(80)85-16-28-20(2)87-52(82)89-28/h11-12,25-26,32-33,39,43,57,83H,3-10,13-18H2,1-2H3,(H,55,69)(H,56,70)(H,74,75)(H,76,77)(H2,53,58,62)(H2,54,59,63)/b21-11+,22-12+,60-30-,61-31-/t25-,26-,32+,33-,39-,43-/m1/s1. The largest absolute Gasteiger partial charge is 0.519 e. The lowest BCUT2D eigenvalue weighted by atomic mass is 10.0. The molecule has 4 aromatic rings. The second-order valence-corrected chi connectivity index (χ2v) is 25.2. The van der Waals surface area contributed by atoms with Crippen LogP contribution in [-0.4, -0.2) is 215 Å². The van der Waals surface area contributed by atoms with Crippen molar-refractivity contribution in [2.24, 2.45) is 10.3 Å². The fourth-order valence-electron chi connectivity index (χ4n) is 11.1. The van der Waals surface area contributed by atoms with Crippen LogP contribution in [0.2, 0.25) is 0 Å². The molecule has 42 heteroatoms. The van der Waals surface area contributed by atoms with Gasteiger partial charge in [-0.25, -0.2) is 33.6 Å². The summed E-state index contributed by atoms with van der Waals surface area (Å²) in [7, 11) is 0. The van der Waals surface area contributed by atoms with Crippen LogP contribution in [-0.2, 0) is 65.9 Å². The summed E-state index contributed by atoms with van der Waals surface area (Å²) in [4.78, 5) is 179. The van der Waals surface area contributed by atoms with Gasteiger partial charge in [0.05, 0.1) is 12.1 Å². The molecule has 4 aromatic heterocycles. The van der Waals surface area contributed by atoms with Crippen molar-refractivity contribution in [3.8, 4) is 0 Å². The highest BCUT2D eigenvalue weighted by molar-refractivity contribution is 8.00. The van der Waals surface area contributed by atoms with Crippen molar-refractivity contribution < 1.29 is 95.3 Å². The molecule has 11 rings (SSSR count). The third kappa shape index (κ3) is 13.5. The van der Waals surface area contributed by atoms with Crippen LogP contribution in [0.25, 0.3) is 0 Å². The maximum absolute atomic E-state index is 14.4. The van der Waals surface area contributed by atoms with Gasteiger partial charge in [0, 0.05) is 85.0 Å². The Labute approximate surface area is 542 Å². The number of allylic oxidation sites excluding steroid dienone is 2. The van der Waals surface area contributed by atoms with Crippen molar-refractivity contribution >= 4 is 128 Å². The number of ether oxygens (including phenoxy) is 2. The summed E-state index contributed by atoms with van der Waals surface area (Å²) in [5.41, 5.74) is 9.48. The van der Waals surface area contributed by atoms with Crippen molar-refractivity contribution in [3.63, 3.8) is 0 Å². The Kier molecular flexibility index (Phi) is 18.8. The van der Waals surface area contributed by atoms with Crippen molar-refractivity contribution in [2.45, 2.75) is 87.7 Å². The predicted molar refractivity (Wildman–Crippen MR) is 318 cm³/mol. The van der Waals surface area contributed by atoms with E-state index in [4.69, 9.17) is 43.4 Å². The normalized spacial score (nSPS) is 22.9. The Morgan fingerprint density at radius 2 is 1.26 bits per heavy atom. The van der Waals surface area contributed by atoms with E-state index in [0.29, 0.717) is 35.9 Å². The Morgan fingerprint density at radius 3 is 1.74 bits per heavy atom. The number of thioether (sulfide) groups is 2. The molecule has 7 amide bonds. The van der Waals surface area contributed by atoms with E-state index in [1.165, 1.54) is 35.8 Å². The van der Waals surface area contributed by atoms with Crippen molar-refractivity contribution in [1.29, 1.82) is 0 Å². The summed E-state index contributed by atoms with van der Waals surface area (Å²) in [6, 6.07) is -4.33. The maximum atomic E-state index is 14.4. The van der Waals surface area contributed by atoms with Gasteiger partial charge in [0.1, 0.15) is 28.2 Å². The van der Waals surface area contributed by atoms with Crippen molar-refractivity contribution in [3.05, 3.63) is 102 Å². The number of rotatable bonds is 19. The maximum Gasteiger partial charge on any atom is 0.519 e. The number of fused-ring (bicyclic) bond motifs is 1. The highest BCUT2D eigenvalue weighted by atomic mass is 32.2. The highest BCUT2D eigenvalue weighted by Gasteiger charge is 2.55. The molecule has 496 valence electrons. The zero-order valence-electron chi connectivity index (χ0n) is 48.8. The van der Waals surface area contributed by atoms with Crippen LogP contribution >= 0.6 is 46.6 Å². The number of amides is 7. The number of hydrogen-bond donors (Lipinski definition) is 8. The molecule has 38 nitrogen and oxygen atoms in total. The van der Waals surface area contributed by atoms with Crippen molar-refractivity contribution in [1.82, 2.24) is 59.2 Å². The molecule has 0 aliphatic carbocycles. The van der Waals surface area contributed by atoms with E-state index in [9.17, 15) is 73.0 Å². The first kappa shape index (κ1) is 65.1. The number of aliphatic carboxylic acids is 2. The number of likely N-dealkylation sites (tertiary alicyclic amines) is 4. The molecule has 5 fully saturated rings. The minimum absolute atomic E-state index is 0.0363. The Morgan fingerprint density at radius 1 is 0.723 bits per heavy atom. The summed E-state index contributed by atoms with van der Waals surface area (Å²) >= 11 is 3.09. The first-order valence-corrected chi connectivity index (χ1v) is 31.7. The molecule has 0 bridgehead atoms. The fraction of sp³-hybridized carbons (Fsp3) is 0.423. The van der Waals surface area contributed by atoms with E-state index in [2.05, 4.69) is 45.0 Å². The zero-order valence-corrected chi connectivity index (χ0v) is 52.1. The molecule has 6 atom stereocenters. The lowest BCUT2D eigenvalue weighted by molar-refractivity contribution is -0.150. The third-order valence-electron chi connectivity index (χ3n) is 15.7. The highest BCUT2D eigenvalue weighted by Crippen LogP contribution is 2.42. The fourth-order valence-corrected chi connectivity index (χ4v) is 14.4. The molecular formula is C52H52N16O22S4. The number of nitrogens with zero attached hydrogens (tertiary/aromatic N) is 11. The number of aryl methyl sites for hydroxylation is 2. The number of carboxylic acids is 2. The SMILES string of the molecule is Cc1oc(=O)oc1COC(=O)N1CC[C@@H](N2CC/C(=C\C3=C(C(=O)O)N[C@@H]([C@H](NC(=O)/C(=N\O)c4nsc(N)n4)C(=O)O/N=C(\C(=O)N[C@@H]4C(=O)N5C(C(=O)O)=C(/C=C6\CCN([C@@H]7CCN(C(=O)OCc8oc(=O)oc8C)C7)C6=O)CS[C@H]45)c4nsc(N)n4)SC3)C2=O)C1. The number of nitrogens with two attached hydrogens (primary N) is 2. The van der Waals surface area contributed by atoms with Gasteiger partial charge >= 0.3 is 41.7 Å². The minimum Gasteiger partial charge on any atom is -0.477 e. The zero-order chi connectivity index (χ0) is 67.0. The van der Waals surface area contributed by atoms with E-state index in [0.717, 1.165) is 28.4 Å². The molecule has 0 spiro atoms. The molecular weight excluding hydrogens is 1330 g/mol. The first-order chi connectivity index (χ1) is 44.9. The number of carbonyl (C=O) groups is 10. The van der Waals surface area contributed by atoms with E-state index < -0.39 is 141 Å². The van der Waals surface area contributed by atoms with Gasteiger partial charge in [0.2, 0.25) is 34.9 Å². The number of nitrogens with one attached hydrogen (secondary N) is 3. The average Bonchev–Trinajstić information content (AvgIpc) is 1.56. The summed E-state index contributed by atoms with van der Waals surface area (Å²) in [6.07, 6.45) is 2.50. The molecule has 0 radical (unpaired) electrons. The van der Waals surface area contributed by atoms with E-state index in [1.54, 1.807) is 9.80 Å². The molecule has 11 heterocycles. The Balaban J connectivity index is 0.767. The lowest BCUT2D eigenvalue weighted by Crippen LogP contribution is -2.71. The quantitative estimate of drug-likeness (QED) is 0.0136. The smallest absolute Gasteiger partial charge is 0.477 e. The molecule has 10 N–H and O–H groups in total. The number of carbonyl (C=O) groups excluding carboxylic acids is 8. The van der Waals surface area contributed by atoms with Gasteiger partial charge in [-0.05, 0) is 62.8 Å². The third-order valence-corrected chi connectivity index (χ3v) is 19.3. The summed E-state index contributed by atoms with van der Waals surface area (Å²) in [5, 5.41) is 42.2. The Bertz CT molecular complexity index is 4160. The van der Waals surface area contributed by atoms with Gasteiger partial charge in [-0.1, -0.05) is 10.3 Å².